The first kappa shape index (κ1) is 16.5. The molecule has 7 nitrogen and oxygen atoms in total. The van der Waals surface area contributed by atoms with E-state index in [9.17, 15) is 14.4 Å². The number of carbonyl (C=O) groups is 3. The van der Waals surface area contributed by atoms with Crippen LogP contribution >= 0.6 is 0 Å². The maximum absolute atomic E-state index is 12.0. The lowest BCUT2D eigenvalue weighted by atomic mass is 10.1. The van der Waals surface area contributed by atoms with E-state index in [0.29, 0.717) is 17.9 Å². The average molecular weight is 318 g/mol. The van der Waals surface area contributed by atoms with E-state index in [2.05, 4.69) is 17.2 Å². The van der Waals surface area contributed by atoms with Crippen molar-refractivity contribution in [2.75, 3.05) is 5.32 Å². The van der Waals surface area contributed by atoms with Crippen LogP contribution in [0.15, 0.2) is 36.9 Å². The second-order valence-electron chi connectivity index (χ2n) is 5.12. The summed E-state index contributed by atoms with van der Waals surface area (Å²) in [6, 6.07) is 5.87. The van der Waals surface area contributed by atoms with E-state index >= 15 is 0 Å². The average Bonchev–Trinajstić information content (AvgIpc) is 2.51. The monoisotopic (exact) mass is 318 g/mol. The van der Waals surface area contributed by atoms with Crippen molar-refractivity contribution in [1.29, 1.82) is 0 Å². The molecular formula is C16H18N2O5. The Labute approximate surface area is 133 Å². The molecule has 0 aromatic heterocycles. The number of rotatable bonds is 7. The predicted molar refractivity (Wildman–Crippen MR) is 83.1 cm³/mol. The fourth-order valence-electron chi connectivity index (χ4n) is 2.19. The largest absolute Gasteiger partial charge is 0.480 e. The van der Waals surface area contributed by atoms with Gasteiger partial charge in [-0.2, -0.15) is 0 Å². The number of benzene rings is 1. The Balaban J connectivity index is 1.96. The number of para-hydroxylation sites is 2. The number of hydrogen-bond acceptors (Lipinski definition) is 4. The number of carboxylic acid groups (broad SMARTS) is 1. The van der Waals surface area contributed by atoms with E-state index < -0.39 is 29.9 Å². The third-order valence-electron chi connectivity index (χ3n) is 3.37. The molecular weight excluding hydrogens is 300 g/mol. The first-order valence-corrected chi connectivity index (χ1v) is 7.21. The minimum atomic E-state index is -1.13. The summed E-state index contributed by atoms with van der Waals surface area (Å²) in [7, 11) is 0. The Morgan fingerprint density at radius 2 is 2.17 bits per heavy atom. The Kier molecular flexibility index (Phi) is 5.35. The van der Waals surface area contributed by atoms with Gasteiger partial charge in [0, 0.05) is 0 Å². The van der Waals surface area contributed by atoms with Crippen molar-refractivity contribution in [2.45, 2.75) is 31.4 Å². The van der Waals surface area contributed by atoms with E-state index in [1.807, 2.05) is 0 Å². The van der Waals surface area contributed by atoms with Crippen molar-refractivity contribution in [1.82, 2.24) is 5.32 Å². The molecule has 0 aliphatic carbocycles. The standard InChI is InChI=1S/C16H18N2O5/c1-2-3-6-11(16(21)22)17-14(19)9-13-15(20)18-10-7-4-5-8-12(10)23-13/h2,4-5,7-8,11,13H,1,3,6,9H2,(H,17,19)(H,18,20)(H,21,22). The molecule has 122 valence electrons. The first-order valence-electron chi connectivity index (χ1n) is 7.21. The van der Waals surface area contributed by atoms with Crippen LogP contribution in [0, 0.1) is 0 Å². The number of ether oxygens (including phenoxy) is 1. The highest BCUT2D eigenvalue weighted by molar-refractivity contribution is 6.00. The molecule has 2 atom stereocenters. The third kappa shape index (κ3) is 4.32. The van der Waals surface area contributed by atoms with Crippen molar-refractivity contribution >= 4 is 23.5 Å². The summed E-state index contributed by atoms with van der Waals surface area (Å²) >= 11 is 0. The molecule has 0 spiro atoms. The molecule has 2 unspecified atom stereocenters. The normalized spacial score (nSPS) is 17.2. The van der Waals surface area contributed by atoms with E-state index in [-0.39, 0.29) is 12.8 Å². The van der Waals surface area contributed by atoms with E-state index in [1.165, 1.54) is 0 Å². The molecule has 2 rings (SSSR count). The molecule has 1 heterocycles. The van der Waals surface area contributed by atoms with Crippen LogP contribution in [0.2, 0.25) is 0 Å². The molecule has 0 saturated heterocycles. The second-order valence-corrected chi connectivity index (χ2v) is 5.12. The van der Waals surface area contributed by atoms with Crippen LogP contribution in [0.25, 0.3) is 0 Å². The summed E-state index contributed by atoms with van der Waals surface area (Å²) in [4.78, 5) is 35.0. The lowest BCUT2D eigenvalue weighted by Gasteiger charge is -2.25. The highest BCUT2D eigenvalue weighted by atomic mass is 16.5. The Hall–Kier alpha value is -2.83. The molecule has 23 heavy (non-hydrogen) atoms. The highest BCUT2D eigenvalue weighted by Crippen LogP contribution is 2.29. The van der Waals surface area contributed by atoms with Gasteiger partial charge in [-0.25, -0.2) is 4.79 Å². The lowest BCUT2D eigenvalue weighted by molar-refractivity contribution is -0.142. The zero-order valence-electron chi connectivity index (χ0n) is 12.5. The quantitative estimate of drug-likeness (QED) is 0.658. The number of hydrogen-bond donors (Lipinski definition) is 3. The van der Waals surface area contributed by atoms with Gasteiger partial charge in [-0.3, -0.25) is 9.59 Å². The molecule has 1 aromatic rings. The van der Waals surface area contributed by atoms with Gasteiger partial charge in [0.05, 0.1) is 12.1 Å². The van der Waals surface area contributed by atoms with Gasteiger partial charge < -0.3 is 20.5 Å². The molecule has 2 amide bonds. The maximum Gasteiger partial charge on any atom is 0.326 e. The van der Waals surface area contributed by atoms with E-state index in [4.69, 9.17) is 9.84 Å². The zero-order valence-corrected chi connectivity index (χ0v) is 12.5. The molecule has 3 N–H and O–H groups in total. The van der Waals surface area contributed by atoms with Crippen LogP contribution in [-0.4, -0.2) is 35.0 Å². The predicted octanol–water partition coefficient (Wildman–Crippen LogP) is 1.31. The number of amides is 2. The number of allylic oxidation sites excluding steroid dienone is 1. The van der Waals surface area contributed by atoms with Crippen LogP contribution in [0.3, 0.4) is 0 Å². The summed E-state index contributed by atoms with van der Waals surface area (Å²) in [5.74, 6) is -1.64. The Morgan fingerprint density at radius 3 is 2.87 bits per heavy atom. The van der Waals surface area contributed by atoms with E-state index in [1.54, 1.807) is 30.3 Å². The van der Waals surface area contributed by atoms with Crippen LogP contribution in [0.1, 0.15) is 19.3 Å². The summed E-state index contributed by atoms with van der Waals surface area (Å²) in [5, 5.41) is 14.1. The van der Waals surface area contributed by atoms with Gasteiger partial charge in [0.15, 0.2) is 6.10 Å². The number of fused-ring (bicyclic) bond motifs is 1. The van der Waals surface area contributed by atoms with Crippen LogP contribution in [-0.2, 0) is 14.4 Å². The Bertz CT molecular complexity index is 629. The molecule has 0 radical (unpaired) electrons. The van der Waals surface area contributed by atoms with Gasteiger partial charge in [0.1, 0.15) is 11.8 Å². The summed E-state index contributed by atoms with van der Waals surface area (Å²) in [6.07, 6.45) is 1.05. The SMILES string of the molecule is C=CCCC(NC(=O)CC1Oc2ccccc2NC1=O)C(=O)O. The molecule has 0 bridgehead atoms. The minimum absolute atomic E-state index is 0.241. The van der Waals surface area contributed by atoms with Gasteiger partial charge in [-0.15, -0.1) is 6.58 Å². The minimum Gasteiger partial charge on any atom is -0.480 e. The molecule has 1 aliphatic heterocycles. The fourth-order valence-corrected chi connectivity index (χ4v) is 2.19. The van der Waals surface area contributed by atoms with Crippen molar-refractivity contribution in [3.8, 4) is 5.75 Å². The summed E-state index contributed by atoms with van der Waals surface area (Å²) < 4.78 is 5.50. The van der Waals surface area contributed by atoms with Crippen molar-refractivity contribution in [2.24, 2.45) is 0 Å². The number of nitrogens with one attached hydrogen (secondary N) is 2. The van der Waals surface area contributed by atoms with Crippen molar-refractivity contribution in [3.63, 3.8) is 0 Å². The summed E-state index contributed by atoms with van der Waals surface area (Å²) in [6.45, 7) is 3.52. The van der Waals surface area contributed by atoms with E-state index in [0.717, 1.165) is 0 Å². The van der Waals surface area contributed by atoms with Gasteiger partial charge in [-0.05, 0) is 25.0 Å². The van der Waals surface area contributed by atoms with Crippen LogP contribution in [0.4, 0.5) is 5.69 Å². The molecule has 0 saturated carbocycles. The third-order valence-corrected chi connectivity index (χ3v) is 3.37. The topological polar surface area (TPSA) is 105 Å². The molecule has 0 fully saturated rings. The lowest BCUT2D eigenvalue weighted by Crippen LogP contribution is -2.45. The van der Waals surface area contributed by atoms with Gasteiger partial charge in [-0.1, -0.05) is 18.2 Å². The molecule has 7 heteroatoms. The second kappa shape index (κ2) is 7.44. The van der Waals surface area contributed by atoms with Crippen molar-refractivity contribution < 1.29 is 24.2 Å². The van der Waals surface area contributed by atoms with Gasteiger partial charge in [0.25, 0.3) is 5.91 Å². The van der Waals surface area contributed by atoms with Crippen LogP contribution < -0.4 is 15.4 Å². The van der Waals surface area contributed by atoms with Gasteiger partial charge in [0.2, 0.25) is 5.91 Å². The number of anilines is 1. The summed E-state index contributed by atoms with van der Waals surface area (Å²) in [5.41, 5.74) is 0.545. The molecule has 1 aliphatic rings. The Morgan fingerprint density at radius 1 is 1.43 bits per heavy atom. The van der Waals surface area contributed by atoms with Crippen LogP contribution in [0.5, 0.6) is 5.75 Å². The highest BCUT2D eigenvalue weighted by Gasteiger charge is 2.30. The maximum atomic E-state index is 12.0. The first-order chi connectivity index (χ1) is 11.0. The smallest absolute Gasteiger partial charge is 0.326 e. The van der Waals surface area contributed by atoms with Crippen molar-refractivity contribution in [3.05, 3.63) is 36.9 Å². The zero-order chi connectivity index (χ0) is 16.8. The molecule has 1 aromatic carbocycles. The fraction of sp³-hybridized carbons (Fsp3) is 0.312. The number of aliphatic carboxylic acids is 1. The van der Waals surface area contributed by atoms with Gasteiger partial charge >= 0.3 is 5.97 Å². The number of carboxylic acids is 1. The number of carbonyl (C=O) groups excluding carboxylic acids is 2.